The van der Waals surface area contributed by atoms with Gasteiger partial charge >= 0.3 is 0 Å². The molecule has 1 amide bonds. The molecule has 1 aliphatic heterocycles. The van der Waals surface area contributed by atoms with Crippen LogP contribution in [0.1, 0.15) is 23.2 Å². The molecule has 1 fully saturated rings. The zero-order chi connectivity index (χ0) is 17.1. The molecule has 0 unspecified atom stereocenters. The van der Waals surface area contributed by atoms with Crippen molar-refractivity contribution in [1.82, 2.24) is 10.2 Å². The molecule has 1 saturated heterocycles. The maximum Gasteiger partial charge on any atom is 0.251 e. The summed E-state index contributed by atoms with van der Waals surface area (Å²) in [6.07, 6.45) is 2.16. The summed E-state index contributed by atoms with van der Waals surface area (Å²) in [6, 6.07) is 13.3. The Morgan fingerprint density at radius 3 is 2.46 bits per heavy atom. The molecule has 126 valence electrons. The van der Waals surface area contributed by atoms with E-state index in [0.29, 0.717) is 15.6 Å². The van der Waals surface area contributed by atoms with Crippen LogP contribution in [0.3, 0.4) is 0 Å². The second kappa shape index (κ2) is 7.56. The zero-order valence-electron chi connectivity index (χ0n) is 13.6. The number of halogens is 2. The Morgan fingerprint density at radius 1 is 1.08 bits per heavy atom. The molecule has 0 saturated carbocycles. The van der Waals surface area contributed by atoms with E-state index >= 15 is 0 Å². The molecule has 24 heavy (non-hydrogen) atoms. The molecule has 1 N–H and O–H groups in total. The Bertz CT molecular complexity index is 731. The van der Waals surface area contributed by atoms with Gasteiger partial charge in [0, 0.05) is 18.2 Å². The average Bonchev–Trinajstić information content (AvgIpc) is 2.57. The van der Waals surface area contributed by atoms with Crippen molar-refractivity contribution >= 4 is 29.1 Å². The van der Waals surface area contributed by atoms with Gasteiger partial charge in [-0.15, -0.1) is 0 Å². The van der Waals surface area contributed by atoms with E-state index in [0.717, 1.165) is 37.1 Å². The third kappa shape index (κ3) is 4.10. The smallest absolute Gasteiger partial charge is 0.251 e. The van der Waals surface area contributed by atoms with Crippen LogP contribution < -0.4 is 5.32 Å². The first-order valence-electron chi connectivity index (χ1n) is 8.08. The monoisotopic (exact) mass is 362 g/mol. The van der Waals surface area contributed by atoms with Gasteiger partial charge in [0.2, 0.25) is 0 Å². The van der Waals surface area contributed by atoms with Crippen LogP contribution in [-0.2, 0) is 0 Å². The summed E-state index contributed by atoms with van der Waals surface area (Å²) in [5.41, 5.74) is 2.65. The minimum atomic E-state index is -0.0176. The second-order valence-electron chi connectivity index (χ2n) is 6.28. The van der Waals surface area contributed by atoms with Crippen molar-refractivity contribution in [3.05, 3.63) is 58.1 Å². The van der Waals surface area contributed by atoms with E-state index in [-0.39, 0.29) is 11.9 Å². The molecule has 3 rings (SSSR count). The van der Waals surface area contributed by atoms with Crippen molar-refractivity contribution in [2.24, 2.45) is 0 Å². The lowest BCUT2D eigenvalue weighted by molar-refractivity contribution is 0.0912. The van der Waals surface area contributed by atoms with E-state index < -0.39 is 0 Å². The molecule has 1 heterocycles. The van der Waals surface area contributed by atoms with E-state index in [2.05, 4.69) is 17.3 Å². The van der Waals surface area contributed by atoms with Crippen molar-refractivity contribution in [2.45, 2.75) is 18.9 Å². The fourth-order valence-corrected chi connectivity index (χ4v) is 3.34. The molecule has 5 heteroatoms. The van der Waals surface area contributed by atoms with Gasteiger partial charge in [0.15, 0.2) is 0 Å². The summed E-state index contributed by atoms with van der Waals surface area (Å²) >= 11 is 12.0. The lowest BCUT2D eigenvalue weighted by Crippen LogP contribution is -2.46. The number of rotatable bonds is 3. The molecule has 0 radical (unpaired) electrons. The SMILES string of the molecule is CN1CCC[C@@H](NC(=O)c2ccc(-c3ccc(Cl)c(Cl)c3)cc2)C1. The fourth-order valence-electron chi connectivity index (χ4n) is 3.04. The summed E-state index contributed by atoms with van der Waals surface area (Å²) in [7, 11) is 2.09. The van der Waals surface area contributed by atoms with Gasteiger partial charge in [-0.05, 0) is 61.8 Å². The summed E-state index contributed by atoms with van der Waals surface area (Å²) < 4.78 is 0. The molecule has 2 aromatic rings. The van der Waals surface area contributed by atoms with Crippen molar-refractivity contribution in [2.75, 3.05) is 20.1 Å². The quantitative estimate of drug-likeness (QED) is 0.872. The Labute approximate surface area is 152 Å². The van der Waals surface area contributed by atoms with Gasteiger partial charge in [-0.3, -0.25) is 4.79 Å². The van der Waals surface area contributed by atoms with Gasteiger partial charge < -0.3 is 10.2 Å². The number of nitrogens with zero attached hydrogens (tertiary/aromatic N) is 1. The van der Waals surface area contributed by atoms with E-state index in [1.165, 1.54) is 0 Å². The predicted octanol–water partition coefficient (Wildman–Crippen LogP) is 4.48. The van der Waals surface area contributed by atoms with Crippen LogP contribution in [0.5, 0.6) is 0 Å². The third-order valence-electron chi connectivity index (χ3n) is 4.36. The van der Waals surface area contributed by atoms with Gasteiger partial charge in [0.25, 0.3) is 5.91 Å². The fraction of sp³-hybridized carbons (Fsp3) is 0.316. The van der Waals surface area contributed by atoms with Gasteiger partial charge in [-0.1, -0.05) is 41.4 Å². The van der Waals surface area contributed by atoms with Gasteiger partial charge in [0.1, 0.15) is 0 Å². The van der Waals surface area contributed by atoms with E-state index in [4.69, 9.17) is 23.2 Å². The maximum absolute atomic E-state index is 12.4. The highest BCUT2D eigenvalue weighted by molar-refractivity contribution is 6.42. The second-order valence-corrected chi connectivity index (χ2v) is 7.10. The number of nitrogens with one attached hydrogen (secondary N) is 1. The number of hydrogen-bond acceptors (Lipinski definition) is 2. The Balaban J connectivity index is 1.69. The lowest BCUT2D eigenvalue weighted by atomic mass is 10.0. The zero-order valence-corrected chi connectivity index (χ0v) is 15.1. The van der Waals surface area contributed by atoms with Gasteiger partial charge in [-0.25, -0.2) is 0 Å². The van der Waals surface area contributed by atoms with Crippen LogP contribution in [0.15, 0.2) is 42.5 Å². The first kappa shape index (κ1) is 17.3. The molecule has 0 bridgehead atoms. The molecule has 3 nitrogen and oxygen atoms in total. The summed E-state index contributed by atoms with van der Waals surface area (Å²) in [6.45, 7) is 2.01. The van der Waals surface area contributed by atoms with E-state index in [1.54, 1.807) is 6.07 Å². The summed E-state index contributed by atoms with van der Waals surface area (Å²) in [5, 5.41) is 4.18. The standard InChI is InChI=1S/C19H20Cl2N2O/c1-23-10-2-3-16(12-23)22-19(24)14-6-4-13(5-7-14)15-8-9-17(20)18(21)11-15/h4-9,11,16H,2-3,10,12H2,1H3,(H,22,24)/t16-/m1/s1. The first-order chi connectivity index (χ1) is 11.5. The van der Waals surface area contributed by atoms with Crippen LogP contribution in [0.25, 0.3) is 11.1 Å². The number of likely N-dealkylation sites (N-methyl/N-ethyl adjacent to an activating group) is 1. The highest BCUT2D eigenvalue weighted by Gasteiger charge is 2.19. The maximum atomic E-state index is 12.4. The molecular formula is C19H20Cl2N2O. The van der Waals surface area contributed by atoms with Crippen LogP contribution in [0.4, 0.5) is 0 Å². The molecule has 0 aliphatic carbocycles. The topological polar surface area (TPSA) is 32.3 Å². The van der Waals surface area contributed by atoms with Gasteiger partial charge in [0.05, 0.1) is 10.0 Å². The normalized spacial score (nSPS) is 18.4. The lowest BCUT2D eigenvalue weighted by Gasteiger charge is -2.30. The van der Waals surface area contributed by atoms with Crippen molar-refractivity contribution in [1.29, 1.82) is 0 Å². The Morgan fingerprint density at radius 2 is 1.79 bits per heavy atom. The average molecular weight is 363 g/mol. The number of carbonyl (C=O) groups excluding carboxylic acids is 1. The molecule has 2 aromatic carbocycles. The third-order valence-corrected chi connectivity index (χ3v) is 5.10. The van der Waals surface area contributed by atoms with Crippen LogP contribution in [0, 0.1) is 0 Å². The predicted molar refractivity (Wildman–Crippen MR) is 99.9 cm³/mol. The molecule has 1 aliphatic rings. The van der Waals surface area contributed by atoms with Crippen molar-refractivity contribution in [3.63, 3.8) is 0 Å². The summed E-state index contributed by atoms with van der Waals surface area (Å²) in [4.78, 5) is 14.6. The molecule has 1 atom stereocenters. The number of likely N-dealkylation sites (tertiary alicyclic amines) is 1. The number of benzene rings is 2. The van der Waals surface area contributed by atoms with Crippen LogP contribution in [0.2, 0.25) is 10.0 Å². The first-order valence-corrected chi connectivity index (χ1v) is 8.83. The van der Waals surface area contributed by atoms with Gasteiger partial charge in [-0.2, -0.15) is 0 Å². The molecular weight excluding hydrogens is 343 g/mol. The highest BCUT2D eigenvalue weighted by atomic mass is 35.5. The summed E-state index contributed by atoms with van der Waals surface area (Å²) in [5.74, 6) is -0.0176. The van der Waals surface area contributed by atoms with Crippen LogP contribution in [-0.4, -0.2) is 37.0 Å². The Hall–Kier alpha value is -1.55. The van der Waals surface area contributed by atoms with E-state index in [9.17, 15) is 4.79 Å². The van der Waals surface area contributed by atoms with Crippen LogP contribution >= 0.6 is 23.2 Å². The highest BCUT2D eigenvalue weighted by Crippen LogP contribution is 2.28. The van der Waals surface area contributed by atoms with E-state index in [1.807, 2.05) is 36.4 Å². The number of hydrogen-bond donors (Lipinski definition) is 1. The van der Waals surface area contributed by atoms with Crippen molar-refractivity contribution < 1.29 is 4.79 Å². The van der Waals surface area contributed by atoms with Crippen molar-refractivity contribution in [3.8, 4) is 11.1 Å². The largest absolute Gasteiger partial charge is 0.348 e. The minimum Gasteiger partial charge on any atom is -0.348 e. The number of piperidine rings is 1. The number of amides is 1. The molecule has 0 aromatic heterocycles. The number of carbonyl (C=O) groups is 1. The minimum absolute atomic E-state index is 0.0176. The Kier molecular flexibility index (Phi) is 5.44. The molecule has 0 spiro atoms.